The number of aromatic amines is 2. The van der Waals surface area contributed by atoms with Crippen LogP contribution >= 0.6 is 0 Å². The Morgan fingerprint density at radius 2 is 1.44 bits per heavy atom. The first-order valence-electron chi connectivity index (χ1n) is 10.9. The van der Waals surface area contributed by atoms with Crippen LogP contribution in [0, 0.1) is 0 Å². The molecule has 0 saturated carbocycles. The number of rotatable bonds is 9. The van der Waals surface area contributed by atoms with Crippen molar-refractivity contribution in [2.45, 2.75) is 37.8 Å². The SMILES string of the molecule is C=C(/C=C\[C](=[W])c1cnc(C2CCCN2)[nH]1)[C](=[W])/C=C\C(=C)c1cnc(C2CCCN2)[nH]1. The Balaban J connectivity index is 1.30. The summed E-state index contributed by atoms with van der Waals surface area (Å²) in [5.41, 5.74) is 4.00. The third kappa shape index (κ3) is 5.85. The fourth-order valence-electron chi connectivity index (χ4n) is 3.87. The van der Waals surface area contributed by atoms with Gasteiger partial charge in [-0.15, -0.1) is 0 Å². The van der Waals surface area contributed by atoms with Crippen molar-refractivity contribution in [2.75, 3.05) is 13.1 Å². The molecule has 0 aliphatic carbocycles. The fraction of sp³-hybridized carbons (Fsp3) is 0.333. The molecule has 2 aromatic rings. The van der Waals surface area contributed by atoms with Crippen molar-refractivity contribution >= 4 is 13.4 Å². The molecule has 8 heteroatoms. The van der Waals surface area contributed by atoms with E-state index in [2.05, 4.69) is 62.0 Å². The Hall–Kier alpha value is -1.58. The Morgan fingerprint density at radius 3 is 2.03 bits per heavy atom. The Kier molecular flexibility index (Phi) is 8.12. The number of nitrogens with zero attached hydrogens (tertiary/aromatic N) is 2. The van der Waals surface area contributed by atoms with Crippen LogP contribution in [0.25, 0.3) is 5.57 Å². The number of hydrogen-bond acceptors (Lipinski definition) is 4. The zero-order chi connectivity index (χ0) is 22.5. The average molecular weight is 768 g/mol. The fourth-order valence-corrected chi connectivity index (χ4v) is 4.98. The summed E-state index contributed by atoms with van der Waals surface area (Å²) in [5, 5.41) is 6.96. The summed E-state index contributed by atoms with van der Waals surface area (Å²) in [6.45, 7) is 10.6. The summed E-state index contributed by atoms with van der Waals surface area (Å²) in [5.74, 6) is 2.05. The Morgan fingerprint density at radius 1 is 0.844 bits per heavy atom. The number of aromatic nitrogens is 4. The van der Waals surface area contributed by atoms with Gasteiger partial charge in [0.2, 0.25) is 0 Å². The number of nitrogens with one attached hydrogen (secondary N) is 4. The first-order chi connectivity index (χ1) is 15.5. The molecule has 2 saturated heterocycles. The van der Waals surface area contributed by atoms with Gasteiger partial charge in [0.25, 0.3) is 0 Å². The first-order valence-corrected chi connectivity index (χ1v) is 13.8. The van der Waals surface area contributed by atoms with E-state index < -0.39 is 0 Å². The van der Waals surface area contributed by atoms with Gasteiger partial charge in [0.05, 0.1) is 0 Å². The normalized spacial score (nSPS) is 21.0. The molecular formula is C24H28N6W2. The van der Waals surface area contributed by atoms with Crippen molar-refractivity contribution in [3.8, 4) is 0 Å². The predicted octanol–water partition coefficient (Wildman–Crippen LogP) is 3.15. The van der Waals surface area contributed by atoms with Crippen molar-refractivity contribution < 1.29 is 38.7 Å². The second-order valence-corrected chi connectivity index (χ2v) is 11.3. The topological polar surface area (TPSA) is 81.4 Å². The van der Waals surface area contributed by atoms with Crippen LogP contribution in [0.5, 0.6) is 0 Å². The van der Waals surface area contributed by atoms with Crippen LogP contribution in [0.15, 0.2) is 55.4 Å². The number of imidazole rings is 2. The van der Waals surface area contributed by atoms with Crippen LogP contribution in [0.2, 0.25) is 0 Å². The maximum absolute atomic E-state index is 4.57. The zero-order valence-electron chi connectivity index (χ0n) is 18.0. The second kappa shape index (κ2) is 11.0. The molecule has 0 bridgehead atoms. The van der Waals surface area contributed by atoms with E-state index >= 15 is 0 Å². The molecule has 2 aromatic heterocycles. The summed E-state index contributed by atoms with van der Waals surface area (Å²) in [4.78, 5) is 16.0. The van der Waals surface area contributed by atoms with Gasteiger partial charge >= 0.3 is 212 Å². The molecule has 2 aliphatic rings. The quantitative estimate of drug-likeness (QED) is 0.296. The molecule has 0 spiro atoms. The molecule has 0 radical (unpaired) electrons. The van der Waals surface area contributed by atoms with Crippen molar-refractivity contribution in [3.63, 3.8) is 0 Å². The zero-order valence-corrected chi connectivity index (χ0v) is 23.9. The Labute approximate surface area is 211 Å². The minimum atomic E-state index is 0.338. The van der Waals surface area contributed by atoms with Crippen LogP contribution < -0.4 is 10.6 Å². The molecule has 6 nitrogen and oxygen atoms in total. The van der Waals surface area contributed by atoms with E-state index in [1.165, 1.54) is 59.3 Å². The molecule has 2 atom stereocenters. The van der Waals surface area contributed by atoms with Gasteiger partial charge in [-0.25, -0.2) is 0 Å². The summed E-state index contributed by atoms with van der Waals surface area (Å²) in [6, 6.07) is 0.702. The number of allylic oxidation sites excluding steroid dienone is 6. The van der Waals surface area contributed by atoms with Gasteiger partial charge in [0.1, 0.15) is 0 Å². The van der Waals surface area contributed by atoms with Crippen LogP contribution in [0.1, 0.15) is 60.8 Å². The van der Waals surface area contributed by atoms with Gasteiger partial charge in [-0.3, -0.25) is 0 Å². The molecule has 32 heavy (non-hydrogen) atoms. The molecule has 4 rings (SSSR count). The van der Waals surface area contributed by atoms with Crippen LogP contribution in [0.3, 0.4) is 0 Å². The molecule has 0 amide bonds. The molecule has 0 aromatic carbocycles. The summed E-state index contributed by atoms with van der Waals surface area (Å²) in [7, 11) is 0. The molecule has 2 aliphatic heterocycles. The van der Waals surface area contributed by atoms with Crippen LogP contribution in [-0.2, 0) is 38.7 Å². The first kappa shape index (κ1) is 23.6. The predicted molar refractivity (Wildman–Crippen MR) is 123 cm³/mol. The molecule has 166 valence electrons. The van der Waals surface area contributed by atoms with E-state index in [1.807, 2.05) is 18.5 Å². The van der Waals surface area contributed by atoms with Gasteiger partial charge in [0, 0.05) is 0 Å². The van der Waals surface area contributed by atoms with Gasteiger partial charge in [-0.1, -0.05) is 0 Å². The third-order valence-corrected chi connectivity index (χ3v) is 8.48. The van der Waals surface area contributed by atoms with Crippen molar-refractivity contribution in [3.05, 3.63) is 78.5 Å². The van der Waals surface area contributed by atoms with Crippen molar-refractivity contribution in [1.29, 1.82) is 0 Å². The second-order valence-electron chi connectivity index (χ2n) is 8.11. The van der Waals surface area contributed by atoms with E-state index in [9.17, 15) is 0 Å². The third-order valence-electron chi connectivity index (χ3n) is 5.77. The van der Waals surface area contributed by atoms with Crippen molar-refractivity contribution in [2.24, 2.45) is 0 Å². The van der Waals surface area contributed by atoms with Crippen LogP contribution in [0.4, 0.5) is 0 Å². The monoisotopic (exact) mass is 768 g/mol. The summed E-state index contributed by atoms with van der Waals surface area (Å²) in [6.07, 6.45) is 16.9. The van der Waals surface area contributed by atoms with E-state index in [0.29, 0.717) is 12.1 Å². The molecule has 4 heterocycles. The number of hydrogen-bond donors (Lipinski definition) is 4. The maximum atomic E-state index is 4.57. The van der Waals surface area contributed by atoms with E-state index in [4.69, 9.17) is 0 Å². The van der Waals surface area contributed by atoms with Gasteiger partial charge in [-0.2, -0.15) is 0 Å². The average Bonchev–Trinajstić information content (AvgIpc) is 3.59. The number of H-pyrrole nitrogens is 2. The molecule has 4 N–H and O–H groups in total. The molecule has 2 fully saturated rings. The van der Waals surface area contributed by atoms with Gasteiger partial charge in [-0.05, 0) is 0 Å². The summed E-state index contributed by atoms with van der Waals surface area (Å²) < 4.78 is 2.41. The molecular weight excluding hydrogens is 740 g/mol. The van der Waals surface area contributed by atoms with Gasteiger partial charge in [0.15, 0.2) is 0 Å². The van der Waals surface area contributed by atoms with E-state index in [0.717, 1.165) is 60.1 Å². The Bertz CT molecular complexity index is 991. The molecule has 2 unspecified atom stereocenters. The standard InChI is InChI=1S/C24H28N6.2W/c1-17(8-4-10-19-15-27-23(29-19)20-11-5-13-25-20)7-3-9-18(2)22-16-28-24(30-22)21-12-6-14-26-21;;/h3-4,8-9,15-16,20-21,25-26H,1-2,5-6,11-14H2,(H,27,29)(H,28,30);;/b8-4-,9-3-;;. The van der Waals surface area contributed by atoms with E-state index in [-0.39, 0.29) is 0 Å². The van der Waals surface area contributed by atoms with Crippen LogP contribution in [-0.4, -0.2) is 40.8 Å². The summed E-state index contributed by atoms with van der Waals surface area (Å²) >= 11 is 2.78. The van der Waals surface area contributed by atoms with Crippen molar-refractivity contribution in [1.82, 2.24) is 30.6 Å². The van der Waals surface area contributed by atoms with E-state index in [1.54, 1.807) is 0 Å². The minimum absolute atomic E-state index is 0.338. The van der Waals surface area contributed by atoms with Gasteiger partial charge < -0.3 is 0 Å².